The van der Waals surface area contributed by atoms with Crippen molar-refractivity contribution in [2.45, 2.75) is 32.4 Å². The van der Waals surface area contributed by atoms with Crippen LogP contribution in [0.15, 0.2) is 29.2 Å². The predicted octanol–water partition coefficient (Wildman–Crippen LogP) is 0.555. The number of likely N-dealkylation sites (tertiary alicyclic amines) is 1. The lowest BCUT2D eigenvalue weighted by Crippen LogP contribution is -2.43. The van der Waals surface area contributed by atoms with E-state index in [0.29, 0.717) is 18.1 Å². The molecule has 0 radical (unpaired) electrons. The van der Waals surface area contributed by atoms with Crippen LogP contribution in [0.3, 0.4) is 0 Å². The number of nitrogens with zero attached hydrogens (tertiary/aromatic N) is 4. The number of fused-ring (bicyclic) bond motifs is 1. The maximum Gasteiger partial charge on any atom is 0.350 e. The van der Waals surface area contributed by atoms with Crippen LogP contribution in [-0.4, -0.2) is 44.8 Å². The number of pyridine rings is 1. The van der Waals surface area contributed by atoms with Crippen LogP contribution in [0.5, 0.6) is 0 Å². The van der Waals surface area contributed by atoms with Gasteiger partial charge >= 0.3 is 5.69 Å². The third kappa shape index (κ3) is 3.01. The smallest absolute Gasteiger partial charge is 0.328 e. The first-order valence-corrected chi connectivity index (χ1v) is 7.67. The number of hydrogen-bond donors (Lipinski definition) is 1. The lowest BCUT2D eigenvalue weighted by Gasteiger charge is -2.34. The van der Waals surface area contributed by atoms with Crippen LogP contribution in [-0.2, 0) is 6.54 Å². The summed E-state index contributed by atoms with van der Waals surface area (Å²) in [6, 6.07) is 5.83. The number of hydrogen-bond acceptors (Lipinski definition) is 4. The molecule has 3 heterocycles. The van der Waals surface area contributed by atoms with Gasteiger partial charge in [0.1, 0.15) is 0 Å². The molecule has 1 fully saturated rings. The fourth-order valence-electron chi connectivity index (χ4n) is 3.07. The van der Waals surface area contributed by atoms with E-state index < -0.39 is 0 Å². The second-order valence-electron chi connectivity index (χ2n) is 6.00. The van der Waals surface area contributed by atoms with Gasteiger partial charge in [-0.25, -0.2) is 9.48 Å². The van der Waals surface area contributed by atoms with E-state index in [1.807, 2.05) is 18.2 Å². The lowest BCUT2D eigenvalue weighted by atomic mass is 9.92. The van der Waals surface area contributed by atoms with Crippen molar-refractivity contribution >= 4 is 5.65 Å². The Morgan fingerprint density at radius 2 is 2.29 bits per heavy atom. The van der Waals surface area contributed by atoms with Crippen LogP contribution in [0.1, 0.15) is 19.8 Å². The van der Waals surface area contributed by atoms with Crippen LogP contribution in [0.2, 0.25) is 0 Å². The summed E-state index contributed by atoms with van der Waals surface area (Å²) in [7, 11) is 0. The van der Waals surface area contributed by atoms with Gasteiger partial charge in [0.25, 0.3) is 0 Å². The van der Waals surface area contributed by atoms with Crippen LogP contribution < -0.4 is 11.4 Å². The van der Waals surface area contributed by atoms with Crippen LogP contribution in [0.4, 0.5) is 0 Å². The Hall–Kier alpha value is -1.66. The Kier molecular flexibility index (Phi) is 4.07. The molecule has 2 aromatic rings. The van der Waals surface area contributed by atoms with Gasteiger partial charge in [0, 0.05) is 25.3 Å². The van der Waals surface area contributed by atoms with E-state index in [2.05, 4.69) is 16.9 Å². The molecular weight excluding hydrogens is 266 g/mol. The fraction of sp³-hybridized carbons (Fsp3) is 0.600. The van der Waals surface area contributed by atoms with Gasteiger partial charge in [-0.15, -0.1) is 5.10 Å². The van der Waals surface area contributed by atoms with Crippen LogP contribution in [0, 0.1) is 5.92 Å². The molecule has 1 aliphatic heterocycles. The molecule has 114 valence electrons. The molecule has 0 aliphatic carbocycles. The molecule has 0 spiro atoms. The average Bonchev–Trinajstić information content (AvgIpc) is 2.82. The summed E-state index contributed by atoms with van der Waals surface area (Å²) in [6.45, 7) is 5.69. The number of aromatic nitrogens is 3. The lowest BCUT2D eigenvalue weighted by molar-refractivity contribution is 0.154. The topological polar surface area (TPSA) is 68.6 Å². The van der Waals surface area contributed by atoms with Gasteiger partial charge in [0.2, 0.25) is 0 Å². The average molecular weight is 289 g/mol. The van der Waals surface area contributed by atoms with Crippen molar-refractivity contribution < 1.29 is 0 Å². The van der Waals surface area contributed by atoms with E-state index in [-0.39, 0.29) is 11.7 Å². The Morgan fingerprint density at radius 1 is 1.43 bits per heavy atom. The fourth-order valence-corrected chi connectivity index (χ4v) is 3.07. The molecule has 3 rings (SSSR count). The monoisotopic (exact) mass is 289 g/mol. The molecule has 21 heavy (non-hydrogen) atoms. The molecule has 0 aromatic carbocycles. The zero-order valence-corrected chi connectivity index (χ0v) is 12.5. The first-order chi connectivity index (χ1) is 10.1. The summed E-state index contributed by atoms with van der Waals surface area (Å²) < 4.78 is 3.14. The molecule has 2 aromatic heterocycles. The van der Waals surface area contributed by atoms with Gasteiger partial charge < -0.3 is 10.6 Å². The Bertz CT molecular complexity index is 659. The van der Waals surface area contributed by atoms with Crippen LogP contribution in [0.25, 0.3) is 5.65 Å². The Balaban J connectivity index is 1.66. The number of rotatable bonds is 4. The van der Waals surface area contributed by atoms with Crippen molar-refractivity contribution in [1.29, 1.82) is 0 Å². The van der Waals surface area contributed by atoms with Crippen molar-refractivity contribution in [3.05, 3.63) is 34.9 Å². The van der Waals surface area contributed by atoms with E-state index in [1.54, 1.807) is 15.3 Å². The first kappa shape index (κ1) is 14.3. The molecule has 2 atom stereocenters. The standard InChI is InChI=1S/C15H23N5O/c1-12(16)13-5-4-7-18(11-13)9-10-20-15(21)19-8-3-2-6-14(19)17-20/h2-3,6,8,12-13H,4-5,7,9-11,16H2,1H3. The van der Waals surface area contributed by atoms with Gasteiger partial charge in [-0.1, -0.05) is 6.07 Å². The molecule has 1 saturated heterocycles. The molecule has 2 unspecified atom stereocenters. The van der Waals surface area contributed by atoms with Crippen LogP contribution >= 0.6 is 0 Å². The third-order valence-corrected chi connectivity index (χ3v) is 4.40. The number of nitrogens with two attached hydrogens (primary N) is 1. The minimum atomic E-state index is -0.0636. The molecule has 6 heteroatoms. The molecular formula is C15H23N5O. The third-order valence-electron chi connectivity index (χ3n) is 4.40. The van der Waals surface area contributed by atoms with Gasteiger partial charge in [0.05, 0.1) is 6.54 Å². The molecule has 6 nitrogen and oxygen atoms in total. The van der Waals surface area contributed by atoms with Gasteiger partial charge in [-0.2, -0.15) is 0 Å². The van der Waals surface area contributed by atoms with E-state index in [0.717, 1.165) is 19.6 Å². The quantitative estimate of drug-likeness (QED) is 0.893. The van der Waals surface area contributed by atoms with Crippen molar-refractivity contribution in [2.75, 3.05) is 19.6 Å². The summed E-state index contributed by atoms with van der Waals surface area (Å²) in [5, 5.41) is 4.37. The minimum Gasteiger partial charge on any atom is -0.328 e. The highest BCUT2D eigenvalue weighted by atomic mass is 16.2. The second-order valence-corrected chi connectivity index (χ2v) is 6.00. The highest BCUT2D eigenvalue weighted by molar-refractivity contribution is 5.35. The van der Waals surface area contributed by atoms with E-state index >= 15 is 0 Å². The highest BCUT2D eigenvalue weighted by Gasteiger charge is 2.22. The maximum atomic E-state index is 12.2. The first-order valence-electron chi connectivity index (χ1n) is 7.67. The molecule has 2 N–H and O–H groups in total. The van der Waals surface area contributed by atoms with Crippen molar-refractivity contribution in [3.8, 4) is 0 Å². The summed E-state index contributed by atoms with van der Waals surface area (Å²) >= 11 is 0. The molecule has 0 saturated carbocycles. The van der Waals surface area contributed by atoms with Crippen molar-refractivity contribution in [2.24, 2.45) is 11.7 Å². The molecule has 0 bridgehead atoms. The van der Waals surface area contributed by atoms with Crippen molar-refractivity contribution in [1.82, 2.24) is 19.1 Å². The zero-order valence-electron chi connectivity index (χ0n) is 12.5. The van der Waals surface area contributed by atoms with E-state index in [1.165, 1.54) is 12.8 Å². The molecule has 0 amide bonds. The Morgan fingerprint density at radius 3 is 3.05 bits per heavy atom. The second kappa shape index (κ2) is 5.99. The number of piperidine rings is 1. The normalized spacial score (nSPS) is 21.7. The van der Waals surface area contributed by atoms with Gasteiger partial charge in [0.15, 0.2) is 5.65 Å². The summed E-state index contributed by atoms with van der Waals surface area (Å²) in [6.07, 6.45) is 4.16. The van der Waals surface area contributed by atoms with Gasteiger partial charge in [-0.05, 0) is 44.4 Å². The van der Waals surface area contributed by atoms with E-state index in [4.69, 9.17) is 5.73 Å². The summed E-state index contributed by atoms with van der Waals surface area (Å²) in [4.78, 5) is 14.6. The zero-order chi connectivity index (χ0) is 14.8. The summed E-state index contributed by atoms with van der Waals surface area (Å²) in [5.41, 5.74) is 6.65. The predicted molar refractivity (Wildman–Crippen MR) is 82.3 cm³/mol. The SMILES string of the molecule is CC(N)C1CCCN(CCn2nc3ccccn3c2=O)C1. The molecule has 1 aliphatic rings. The Labute approximate surface area is 124 Å². The van der Waals surface area contributed by atoms with Gasteiger partial charge in [-0.3, -0.25) is 4.40 Å². The largest absolute Gasteiger partial charge is 0.350 e. The highest BCUT2D eigenvalue weighted by Crippen LogP contribution is 2.18. The van der Waals surface area contributed by atoms with E-state index in [9.17, 15) is 4.79 Å². The summed E-state index contributed by atoms with van der Waals surface area (Å²) in [5.74, 6) is 0.566. The maximum absolute atomic E-state index is 12.2. The minimum absolute atomic E-state index is 0.0636. The van der Waals surface area contributed by atoms with Crippen molar-refractivity contribution in [3.63, 3.8) is 0 Å².